The van der Waals surface area contributed by atoms with E-state index < -0.39 is 24.0 Å². The summed E-state index contributed by atoms with van der Waals surface area (Å²) < 4.78 is 26.4. The Labute approximate surface area is 297 Å². The number of ether oxygens (including phenoxy) is 4. The first-order chi connectivity index (χ1) is 24.6. The maximum atomic E-state index is 11.3. The van der Waals surface area contributed by atoms with Gasteiger partial charge in [-0.15, -0.1) is 11.8 Å². The Morgan fingerprint density at radius 2 is 1.42 bits per heavy atom. The van der Waals surface area contributed by atoms with Gasteiger partial charge in [-0.2, -0.15) is 0 Å². The summed E-state index contributed by atoms with van der Waals surface area (Å²) in [4.78, 5) is 13.8. The van der Waals surface area contributed by atoms with E-state index in [-0.39, 0.29) is 13.2 Å². The van der Waals surface area contributed by atoms with Crippen LogP contribution in [0.2, 0.25) is 0 Å². The van der Waals surface area contributed by atoms with Crippen LogP contribution in [0.4, 0.5) is 0 Å². The molecular weight excluding hydrogens is 653 g/mol. The number of rotatable bonds is 18. The Morgan fingerprint density at radius 1 is 0.800 bits per heavy atom. The molecule has 264 valence electrons. The van der Waals surface area contributed by atoms with Gasteiger partial charge in [0.05, 0.1) is 33.3 Å². The van der Waals surface area contributed by atoms with Crippen molar-refractivity contribution in [1.29, 1.82) is 0 Å². The van der Waals surface area contributed by atoms with Crippen LogP contribution in [0.25, 0.3) is 11.2 Å². The third-order valence-electron chi connectivity index (χ3n) is 9.27. The van der Waals surface area contributed by atoms with Crippen LogP contribution in [-0.2, 0) is 15.1 Å². The van der Waals surface area contributed by atoms with Gasteiger partial charge >= 0.3 is 0 Å². The molecule has 0 amide bonds. The Kier molecular flexibility index (Phi) is 12.4. The van der Waals surface area contributed by atoms with E-state index in [1.54, 1.807) is 38.6 Å². The van der Waals surface area contributed by atoms with Gasteiger partial charge in [-0.05, 0) is 59.6 Å². The van der Waals surface area contributed by atoms with E-state index in [0.717, 1.165) is 76.6 Å². The number of hydrogen-bond donors (Lipinski definition) is 2. The summed E-state index contributed by atoms with van der Waals surface area (Å²) in [6, 6.07) is 25.8. The molecule has 0 bridgehead atoms. The van der Waals surface area contributed by atoms with Crippen molar-refractivity contribution in [2.45, 2.75) is 74.0 Å². The van der Waals surface area contributed by atoms with Gasteiger partial charge in [-0.1, -0.05) is 80.3 Å². The molecule has 3 heterocycles. The molecule has 1 aliphatic rings. The second-order valence-electron chi connectivity index (χ2n) is 12.4. The normalized spacial score (nSPS) is 17.7. The maximum Gasteiger partial charge on any atom is 0.166 e. The van der Waals surface area contributed by atoms with E-state index in [1.165, 1.54) is 6.42 Å². The summed E-state index contributed by atoms with van der Waals surface area (Å²) >= 11 is 1.69. The van der Waals surface area contributed by atoms with Gasteiger partial charge < -0.3 is 29.2 Å². The van der Waals surface area contributed by atoms with Crippen LogP contribution in [0.15, 0.2) is 96.5 Å². The third kappa shape index (κ3) is 7.98. The number of thioether (sulfide) groups is 1. The van der Waals surface area contributed by atoms with Gasteiger partial charge in [-0.3, -0.25) is 4.57 Å². The highest BCUT2D eigenvalue weighted by atomic mass is 32.2. The fourth-order valence-electron chi connectivity index (χ4n) is 6.55. The molecule has 1 fully saturated rings. The molecule has 5 aromatic rings. The lowest BCUT2D eigenvalue weighted by Crippen LogP contribution is -2.38. The number of benzene rings is 3. The Bertz CT molecular complexity index is 1720. The van der Waals surface area contributed by atoms with Crippen LogP contribution in [0, 0.1) is 0 Å². The molecule has 3 aromatic carbocycles. The molecule has 0 spiro atoms. The quantitative estimate of drug-likeness (QED) is 0.0432. The number of aromatic nitrogens is 4. The Morgan fingerprint density at radius 3 is 2.06 bits per heavy atom. The summed E-state index contributed by atoms with van der Waals surface area (Å²) in [5.41, 5.74) is 3.14. The number of aliphatic hydroxyl groups is 2. The van der Waals surface area contributed by atoms with Crippen molar-refractivity contribution in [2.75, 3.05) is 33.2 Å². The fraction of sp³-hybridized carbons (Fsp3) is 0.410. The minimum Gasteiger partial charge on any atom is -0.497 e. The number of fused-ring (bicyclic) bond motifs is 1. The largest absolute Gasteiger partial charge is 0.497 e. The number of imidazole rings is 1. The Hall–Kier alpha value is -4.00. The van der Waals surface area contributed by atoms with Crippen molar-refractivity contribution in [3.05, 3.63) is 108 Å². The molecule has 0 saturated carbocycles. The van der Waals surface area contributed by atoms with E-state index in [9.17, 15) is 5.11 Å². The average Bonchev–Trinajstić information content (AvgIpc) is 3.77. The van der Waals surface area contributed by atoms with Crippen LogP contribution in [0.3, 0.4) is 0 Å². The monoisotopic (exact) mass is 698 g/mol. The lowest BCUT2D eigenvalue weighted by atomic mass is 9.80. The van der Waals surface area contributed by atoms with Crippen LogP contribution in [-0.4, -0.2) is 75.1 Å². The summed E-state index contributed by atoms with van der Waals surface area (Å²) in [6.07, 6.45) is 8.36. The van der Waals surface area contributed by atoms with Gasteiger partial charge in [0.1, 0.15) is 46.3 Å². The van der Waals surface area contributed by atoms with Crippen LogP contribution >= 0.6 is 11.8 Å². The summed E-state index contributed by atoms with van der Waals surface area (Å²) in [7, 11) is 3.30. The molecule has 2 aromatic heterocycles. The van der Waals surface area contributed by atoms with Gasteiger partial charge in [0.2, 0.25) is 0 Å². The topological polar surface area (TPSA) is 121 Å². The van der Waals surface area contributed by atoms with Crippen molar-refractivity contribution < 1.29 is 29.2 Å². The SMILES string of the molecule is COc1ccc(C(OC[C@H]2O[C@@H](n3cnc4c(SCCCCCCCCO)ncnc43)C[C@@H]2O)(c2ccccc2)c2ccc(OC)cc2)cc1. The number of nitrogens with zero attached hydrogens (tertiary/aromatic N) is 4. The number of aliphatic hydroxyl groups excluding tert-OH is 2. The fourth-order valence-corrected chi connectivity index (χ4v) is 7.50. The lowest BCUT2D eigenvalue weighted by Gasteiger charge is -2.37. The molecule has 0 unspecified atom stereocenters. The number of unbranched alkanes of at least 4 members (excludes halogenated alkanes) is 5. The first-order valence-electron chi connectivity index (χ1n) is 17.3. The molecular formula is C39H46N4O6S. The maximum absolute atomic E-state index is 11.3. The number of hydrogen-bond acceptors (Lipinski definition) is 10. The average molecular weight is 699 g/mol. The highest BCUT2D eigenvalue weighted by Crippen LogP contribution is 2.43. The zero-order valence-corrected chi connectivity index (χ0v) is 29.5. The van der Waals surface area contributed by atoms with E-state index in [2.05, 4.69) is 27.1 Å². The van der Waals surface area contributed by atoms with Gasteiger partial charge in [-0.25, -0.2) is 15.0 Å². The first kappa shape index (κ1) is 35.8. The molecule has 50 heavy (non-hydrogen) atoms. The van der Waals surface area contributed by atoms with Crippen LogP contribution < -0.4 is 9.47 Å². The van der Waals surface area contributed by atoms with Crippen molar-refractivity contribution >= 4 is 22.9 Å². The molecule has 0 radical (unpaired) electrons. The van der Waals surface area contributed by atoms with Gasteiger partial charge in [0.25, 0.3) is 0 Å². The lowest BCUT2D eigenvalue weighted by molar-refractivity contribution is -0.0931. The van der Waals surface area contributed by atoms with Crippen molar-refractivity contribution in [1.82, 2.24) is 19.5 Å². The van der Waals surface area contributed by atoms with Gasteiger partial charge in [0.15, 0.2) is 5.65 Å². The molecule has 10 nitrogen and oxygen atoms in total. The smallest absolute Gasteiger partial charge is 0.166 e. The minimum atomic E-state index is -1.03. The molecule has 0 aliphatic carbocycles. The summed E-state index contributed by atoms with van der Waals surface area (Å²) in [5, 5.41) is 21.1. The van der Waals surface area contributed by atoms with Crippen molar-refractivity contribution in [2.24, 2.45) is 0 Å². The van der Waals surface area contributed by atoms with Crippen LogP contribution in [0.5, 0.6) is 11.5 Å². The summed E-state index contributed by atoms with van der Waals surface area (Å²) in [6.45, 7) is 0.392. The van der Waals surface area contributed by atoms with Crippen molar-refractivity contribution in [3.8, 4) is 11.5 Å². The molecule has 1 aliphatic heterocycles. The molecule has 3 atom stereocenters. The van der Waals surface area contributed by atoms with Crippen LogP contribution in [0.1, 0.15) is 67.9 Å². The predicted octanol–water partition coefficient (Wildman–Crippen LogP) is 6.93. The summed E-state index contributed by atoms with van der Waals surface area (Å²) in [5.74, 6) is 2.43. The minimum absolute atomic E-state index is 0.118. The molecule has 2 N–H and O–H groups in total. The predicted molar refractivity (Wildman–Crippen MR) is 194 cm³/mol. The number of methoxy groups -OCH3 is 2. The third-order valence-corrected chi connectivity index (χ3v) is 10.3. The van der Waals surface area contributed by atoms with E-state index in [4.69, 9.17) is 24.1 Å². The molecule has 11 heteroatoms. The zero-order valence-electron chi connectivity index (χ0n) is 28.7. The second-order valence-corrected chi connectivity index (χ2v) is 13.5. The highest BCUT2D eigenvalue weighted by Gasteiger charge is 2.42. The standard InChI is InChI=1S/C39H46N4O6S/c1-46-31-18-14-29(15-19-31)39(28-12-8-7-9-13-28,30-16-20-32(47-2)21-17-30)48-25-34-33(45)24-35(49-34)43-27-42-36-37(43)40-26-41-38(36)50-23-11-6-4-3-5-10-22-44/h7-9,12-21,26-27,33-35,44-45H,3-6,10-11,22-25H2,1-2H3/t33-,34+,35+/m0/s1. The molecule has 1 saturated heterocycles. The van der Waals surface area contributed by atoms with Gasteiger partial charge in [0, 0.05) is 13.0 Å². The Balaban J connectivity index is 1.21. The van der Waals surface area contributed by atoms with E-state index in [0.29, 0.717) is 12.1 Å². The highest BCUT2D eigenvalue weighted by molar-refractivity contribution is 7.99. The van der Waals surface area contributed by atoms with E-state index >= 15 is 0 Å². The zero-order chi connectivity index (χ0) is 34.8. The van der Waals surface area contributed by atoms with E-state index in [1.807, 2.05) is 71.3 Å². The van der Waals surface area contributed by atoms with Crippen molar-refractivity contribution in [3.63, 3.8) is 0 Å². The second kappa shape index (κ2) is 17.3. The first-order valence-corrected chi connectivity index (χ1v) is 18.3. The molecule has 6 rings (SSSR count).